The van der Waals surface area contributed by atoms with Gasteiger partial charge in [0.2, 0.25) is 5.91 Å². The molecule has 2 amide bonds. The number of anilines is 1. The molecule has 2 N–H and O–H groups in total. The number of sulfonamides is 1. The molecule has 3 aromatic rings. The third-order valence-corrected chi connectivity index (χ3v) is 5.72. The summed E-state index contributed by atoms with van der Waals surface area (Å²) in [5.74, 6) is 1.21. The highest BCUT2D eigenvalue weighted by Crippen LogP contribution is 2.25. The second-order valence-electron chi connectivity index (χ2n) is 6.38. The molecule has 0 spiro atoms. The van der Waals surface area contributed by atoms with E-state index in [0.717, 1.165) is 18.1 Å². The molecule has 7 heteroatoms. The van der Waals surface area contributed by atoms with E-state index in [4.69, 9.17) is 6.42 Å². The molecule has 0 aliphatic heterocycles. The minimum absolute atomic E-state index is 0.0337. The van der Waals surface area contributed by atoms with E-state index < -0.39 is 21.8 Å². The third kappa shape index (κ3) is 4.57. The van der Waals surface area contributed by atoms with E-state index in [0.29, 0.717) is 5.56 Å². The molecule has 30 heavy (non-hydrogen) atoms. The Morgan fingerprint density at radius 2 is 1.57 bits per heavy atom. The first-order valence-corrected chi connectivity index (χ1v) is 10.4. The maximum Gasteiger partial charge on any atom is 0.266 e. The zero-order valence-corrected chi connectivity index (χ0v) is 16.9. The molecular formula is C23H18N2O4S. The van der Waals surface area contributed by atoms with Crippen molar-refractivity contribution in [3.8, 4) is 23.5 Å². The van der Waals surface area contributed by atoms with Gasteiger partial charge in [0.05, 0.1) is 11.3 Å². The predicted octanol–water partition coefficient (Wildman–Crippen LogP) is 3.41. The summed E-state index contributed by atoms with van der Waals surface area (Å²) in [5.41, 5.74) is 2.44. The molecule has 0 aromatic heterocycles. The van der Waals surface area contributed by atoms with E-state index in [1.807, 2.05) is 35.1 Å². The smallest absolute Gasteiger partial charge is 0.266 e. The molecule has 0 atom stereocenters. The monoisotopic (exact) mass is 418 g/mol. The van der Waals surface area contributed by atoms with Crippen LogP contribution in [0.5, 0.6) is 0 Å². The van der Waals surface area contributed by atoms with Gasteiger partial charge in [0, 0.05) is 12.5 Å². The fourth-order valence-corrected chi connectivity index (χ4v) is 4.06. The van der Waals surface area contributed by atoms with Crippen LogP contribution in [0.2, 0.25) is 0 Å². The highest BCUT2D eigenvalue weighted by Gasteiger charge is 2.21. The molecule has 3 aromatic carbocycles. The van der Waals surface area contributed by atoms with E-state index in [-0.39, 0.29) is 16.1 Å². The molecule has 150 valence electrons. The molecule has 3 rings (SSSR count). The van der Waals surface area contributed by atoms with E-state index in [9.17, 15) is 18.0 Å². The maximum absolute atomic E-state index is 12.9. The van der Waals surface area contributed by atoms with Crippen molar-refractivity contribution in [1.82, 2.24) is 4.72 Å². The fraction of sp³-hybridized carbons (Fsp3) is 0.0435. The molecule has 0 aliphatic carbocycles. The Hall–Kier alpha value is -3.89. The number of benzene rings is 3. The Morgan fingerprint density at radius 1 is 0.900 bits per heavy atom. The number of rotatable bonds is 5. The number of terminal acetylenes is 1. The van der Waals surface area contributed by atoms with Crippen LogP contribution < -0.4 is 10.0 Å². The highest BCUT2D eigenvalue weighted by atomic mass is 32.2. The number of hydrogen-bond acceptors (Lipinski definition) is 4. The predicted molar refractivity (Wildman–Crippen MR) is 115 cm³/mol. The third-order valence-electron chi connectivity index (χ3n) is 4.23. The van der Waals surface area contributed by atoms with Crippen molar-refractivity contribution in [3.63, 3.8) is 0 Å². The van der Waals surface area contributed by atoms with Gasteiger partial charge in [0.1, 0.15) is 4.90 Å². The average Bonchev–Trinajstić information content (AvgIpc) is 2.73. The highest BCUT2D eigenvalue weighted by molar-refractivity contribution is 7.90. The first-order chi connectivity index (χ1) is 14.3. The van der Waals surface area contributed by atoms with E-state index >= 15 is 0 Å². The summed E-state index contributed by atoms with van der Waals surface area (Å²) in [7, 11) is -4.13. The summed E-state index contributed by atoms with van der Waals surface area (Å²) >= 11 is 0. The lowest BCUT2D eigenvalue weighted by atomic mass is 9.99. The number of carbonyl (C=O) groups is 2. The summed E-state index contributed by atoms with van der Waals surface area (Å²) in [6.07, 6.45) is 5.61. The Balaban J connectivity index is 1.94. The lowest BCUT2D eigenvalue weighted by Gasteiger charge is -2.13. The zero-order valence-electron chi connectivity index (χ0n) is 16.0. The summed E-state index contributed by atoms with van der Waals surface area (Å²) in [6.45, 7) is 1.09. The van der Waals surface area contributed by atoms with Crippen molar-refractivity contribution in [2.24, 2.45) is 0 Å². The molecule has 0 fully saturated rings. The van der Waals surface area contributed by atoms with Gasteiger partial charge in [-0.15, -0.1) is 6.42 Å². The van der Waals surface area contributed by atoms with E-state index in [1.54, 1.807) is 24.3 Å². The van der Waals surface area contributed by atoms with Crippen LogP contribution in [-0.2, 0) is 14.8 Å². The van der Waals surface area contributed by atoms with E-state index in [1.165, 1.54) is 18.2 Å². The summed E-state index contributed by atoms with van der Waals surface area (Å²) in [5, 5.41) is 2.58. The Labute approximate surface area is 175 Å². The van der Waals surface area contributed by atoms with Crippen LogP contribution in [0.3, 0.4) is 0 Å². The number of nitrogens with one attached hydrogen (secondary N) is 2. The van der Waals surface area contributed by atoms with E-state index in [2.05, 4.69) is 11.2 Å². The molecule has 0 bridgehead atoms. The molecule has 0 unspecified atom stereocenters. The first kappa shape index (κ1) is 20.8. The Morgan fingerprint density at radius 3 is 2.23 bits per heavy atom. The largest absolute Gasteiger partial charge is 0.321 e. The Bertz CT molecular complexity index is 1260. The van der Waals surface area contributed by atoms with Gasteiger partial charge in [-0.2, -0.15) is 0 Å². The standard InChI is InChI=1S/C23H18N2O4S/c1-3-17-15-19(18-9-5-4-6-10-18)13-14-20(17)23(27)24-21-11-7-8-12-22(21)30(28,29)25-16(2)26/h1,4-15H,2H3,(H,24,27)(H,25,26). The fourth-order valence-electron chi connectivity index (χ4n) is 2.91. The average molecular weight is 418 g/mol. The first-order valence-electron chi connectivity index (χ1n) is 8.91. The lowest BCUT2D eigenvalue weighted by Crippen LogP contribution is -2.29. The van der Waals surface area contributed by atoms with Gasteiger partial charge in [-0.1, -0.05) is 54.5 Å². The zero-order chi connectivity index (χ0) is 21.7. The summed E-state index contributed by atoms with van der Waals surface area (Å²) < 4.78 is 26.7. The van der Waals surface area contributed by atoms with Gasteiger partial charge < -0.3 is 5.32 Å². The molecule has 0 radical (unpaired) electrons. The van der Waals surface area contributed by atoms with Crippen molar-refractivity contribution < 1.29 is 18.0 Å². The summed E-state index contributed by atoms with van der Waals surface area (Å²) in [4.78, 5) is 23.8. The molecule has 0 heterocycles. The molecule has 0 aliphatic rings. The Kier molecular flexibility index (Phi) is 6.00. The molecule has 6 nitrogen and oxygen atoms in total. The van der Waals surface area contributed by atoms with Crippen molar-refractivity contribution in [3.05, 3.63) is 83.9 Å². The quantitative estimate of drug-likeness (QED) is 0.621. The molecular weight excluding hydrogens is 400 g/mol. The summed E-state index contributed by atoms with van der Waals surface area (Å²) in [6, 6.07) is 20.4. The van der Waals surface area contributed by atoms with Gasteiger partial charge in [-0.05, 0) is 35.4 Å². The number of para-hydroxylation sites is 1. The van der Waals surface area contributed by atoms with Gasteiger partial charge in [-0.3, -0.25) is 9.59 Å². The van der Waals surface area contributed by atoms with Crippen LogP contribution in [0, 0.1) is 12.3 Å². The van der Waals surface area contributed by atoms with Crippen LogP contribution in [0.25, 0.3) is 11.1 Å². The van der Waals surface area contributed by atoms with Crippen LogP contribution in [0.4, 0.5) is 5.69 Å². The van der Waals surface area contributed by atoms with Crippen molar-refractivity contribution in [2.45, 2.75) is 11.8 Å². The van der Waals surface area contributed by atoms with Gasteiger partial charge in [-0.25, -0.2) is 13.1 Å². The van der Waals surface area contributed by atoms with Gasteiger partial charge in [0.25, 0.3) is 15.9 Å². The van der Waals surface area contributed by atoms with Gasteiger partial charge >= 0.3 is 0 Å². The number of carbonyl (C=O) groups excluding carboxylic acids is 2. The number of hydrogen-bond donors (Lipinski definition) is 2. The lowest BCUT2D eigenvalue weighted by molar-refractivity contribution is -0.117. The normalized spacial score (nSPS) is 10.7. The maximum atomic E-state index is 12.9. The topological polar surface area (TPSA) is 92.3 Å². The van der Waals surface area contributed by atoms with Crippen molar-refractivity contribution >= 4 is 27.5 Å². The van der Waals surface area contributed by atoms with Gasteiger partial charge in [0.15, 0.2) is 0 Å². The van der Waals surface area contributed by atoms with Crippen molar-refractivity contribution in [2.75, 3.05) is 5.32 Å². The molecule has 0 saturated heterocycles. The van der Waals surface area contributed by atoms with Crippen LogP contribution in [0.15, 0.2) is 77.7 Å². The SMILES string of the molecule is C#Cc1cc(-c2ccccc2)ccc1C(=O)Nc1ccccc1S(=O)(=O)NC(C)=O. The minimum Gasteiger partial charge on any atom is -0.321 e. The van der Waals surface area contributed by atoms with Crippen LogP contribution >= 0.6 is 0 Å². The second-order valence-corrected chi connectivity index (χ2v) is 8.03. The number of amides is 2. The minimum atomic E-state index is -4.13. The molecule has 0 saturated carbocycles. The van der Waals surface area contributed by atoms with Crippen molar-refractivity contribution in [1.29, 1.82) is 0 Å². The van der Waals surface area contributed by atoms with Crippen LogP contribution in [0.1, 0.15) is 22.8 Å². The van der Waals surface area contributed by atoms with Crippen LogP contribution in [-0.4, -0.2) is 20.2 Å². The second kappa shape index (κ2) is 8.64.